The van der Waals surface area contributed by atoms with Gasteiger partial charge < -0.3 is 52.1 Å². The van der Waals surface area contributed by atoms with E-state index in [1.165, 1.54) is 11.8 Å². The summed E-state index contributed by atoms with van der Waals surface area (Å²) in [6, 6.07) is 5.90. The number of cyclic esters (lactones) is 2. The Hall–Kier alpha value is -7.91. The largest absolute Gasteiger partial charge is 0.457 e. The molecule has 6 aliphatic heterocycles. The Morgan fingerprint density at radius 3 is 1.43 bits per heavy atom. The number of aliphatic hydroxyl groups is 1. The summed E-state index contributed by atoms with van der Waals surface area (Å²) < 4.78 is 71.3. The van der Waals surface area contributed by atoms with Crippen LogP contribution in [0.4, 0.5) is 14.0 Å². The molecule has 2 amide bonds. The Morgan fingerprint density at radius 2 is 0.983 bits per heavy atom. The highest BCUT2D eigenvalue weighted by Gasteiger charge is 2.64. The number of aliphatic hydroxyl groups excluding tert-OH is 1. The third-order valence-electron chi connectivity index (χ3n) is 25.3. The van der Waals surface area contributed by atoms with Gasteiger partial charge in [-0.3, -0.25) is 43.7 Å². The van der Waals surface area contributed by atoms with Gasteiger partial charge in [0.25, 0.3) is 5.67 Å². The van der Waals surface area contributed by atoms with Crippen LogP contribution in [0.5, 0.6) is 0 Å². The first kappa shape index (κ1) is 91.0. The monoisotopic (exact) mass is 1600 g/mol. The number of carbonyl (C=O) groups is 8. The number of unbranched alkanes of at least 4 members (excludes halogenated alkanes) is 2. The summed E-state index contributed by atoms with van der Waals surface area (Å²) in [5.74, 6) is -9.17. The number of ether oxygens (including phenoxy) is 8. The smallest absolute Gasteiger partial charge is 0.411 e. The molecule has 115 heavy (non-hydrogen) atoms. The molecule has 0 radical (unpaired) electrons. The Balaban J connectivity index is 0.000000263. The van der Waals surface area contributed by atoms with Crippen molar-refractivity contribution >= 4 is 47.3 Å². The van der Waals surface area contributed by atoms with Gasteiger partial charge in [-0.1, -0.05) is 116 Å². The minimum atomic E-state index is -3.13. The fraction of sp³-hybridized carbons (Fsp3) is 0.685. The van der Waals surface area contributed by atoms with E-state index >= 15 is 4.39 Å². The van der Waals surface area contributed by atoms with Gasteiger partial charge in [-0.05, 0) is 165 Å². The van der Waals surface area contributed by atoms with Crippen molar-refractivity contribution in [1.29, 1.82) is 0 Å². The van der Waals surface area contributed by atoms with Crippen molar-refractivity contribution in [3.63, 3.8) is 0 Å². The Labute approximate surface area is 679 Å². The van der Waals surface area contributed by atoms with Crippen molar-refractivity contribution in [2.75, 3.05) is 13.1 Å². The lowest BCUT2D eigenvalue weighted by atomic mass is 9.68. The molecule has 0 aliphatic carbocycles. The van der Waals surface area contributed by atoms with Crippen LogP contribution in [0.2, 0.25) is 0 Å². The number of hydrogen-bond donors (Lipinski definition) is 1. The molecule has 0 saturated carbocycles. The first-order valence-corrected chi connectivity index (χ1v) is 41.9. The van der Waals surface area contributed by atoms with E-state index in [9.17, 15) is 43.5 Å². The van der Waals surface area contributed by atoms with Crippen molar-refractivity contribution in [3.05, 3.63) is 98.4 Å². The standard InChI is InChI=1S/C45H66N4O8.C44H63FN4O9/c1-12-18-45-36(13-2)55-41(52)33(9)38(51)32(8)40(56-42-30(6)27(3)22-29(5)54-42)44(10,11)23-28(4)37(50)31(7)39(45)49(43(53)57-45)21-15-14-20-48-25-35(47-26-48)34-17-16-19-46-24-34;1-11-17-44-33(12-2)56-40(53)43(10,45)37(52)30(7)38(57-39-35(51)26(3)21-28(5)55-39)42(8,9)22-27(4)34(50)29(6)36(44)49(41(54)58-44)20-14-13-19-48-24-32(47-25-48)31-16-15-18-46-23-31/h12,16-19,24-33,36,39-40,42H,13-15,20-23H2,1-11H3;11,15-18,23-30,33,35-36,38-39,51H,12-14,19-22H2,1-10H3/b18-12-;17-11-/t27-,28+,29+,30+,31-,32-,33+,36+,39+,40+,42-,45+;26-,27+,28+,29-,30-,33+,35+,36+,38+,39-,43-,44+/m00/s1. The molecule has 0 spiro atoms. The molecule has 24 atom stereocenters. The first-order chi connectivity index (χ1) is 54.2. The van der Waals surface area contributed by atoms with Gasteiger partial charge in [0.05, 0.1) is 60.5 Å². The number of amides is 2. The third kappa shape index (κ3) is 19.9. The molecule has 10 rings (SSSR count). The number of fused-ring (bicyclic) bond motifs is 2. The number of rotatable bonds is 20. The van der Waals surface area contributed by atoms with E-state index in [1.54, 1.807) is 108 Å². The molecule has 26 heteroatoms. The number of nitrogens with zero attached hydrogens (tertiary/aromatic N) is 8. The van der Waals surface area contributed by atoms with Crippen LogP contribution < -0.4 is 0 Å². The van der Waals surface area contributed by atoms with Crippen molar-refractivity contribution in [2.24, 2.45) is 70.0 Å². The van der Waals surface area contributed by atoms with Crippen molar-refractivity contribution < 1.29 is 85.7 Å². The van der Waals surface area contributed by atoms with Crippen LogP contribution >= 0.6 is 0 Å². The minimum Gasteiger partial charge on any atom is -0.457 e. The molecule has 10 heterocycles. The summed E-state index contributed by atoms with van der Waals surface area (Å²) >= 11 is 0. The molecule has 4 aromatic heterocycles. The lowest BCUT2D eigenvalue weighted by Gasteiger charge is -2.46. The van der Waals surface area contributed by atoms with Gasteiger partial charge in [0.15, 0.2) is 35.3 Å². The summed E-state index contributed by atoms with van der Waals surface area (Å²) in [7, 11) is 0. The number of esters is 2. The highest BCUT2D eigenvalue weighted by atomic mass is 19.1. The molecule has 1 N–H and O–H groups in total. The van der Waals surface area contributed by atoms with Gasteiger partial charge >= 0.3 is 24.1 Å². The highest BCUT2D eigenvalue weighted by Crippen LogP contribution is 2.49. The van der Waals surface area contributed by atoms with E-state index in [2.05, 4.69) is 33.8 Å². The molecule has 0 unspecified atom stereocenters. The average Bonchev–Trinajstić information content (AvgIpc) is 1.57. The second-order valence-electron chi connectivity index (χ2n) is 35.4. The molecule has 6 fully saturated rings. The summed E-state index contributed by atoms with van der Waals surface area (Å²) in [6.45, 7) is 39.8. The molecular weight excluding hydrogens is 1470 g/mol. The van der Waals surface area contributed by atoms with Crippen molar-refractivity contribution in [2.45, 2.75) is 307 Å². The van der Waals surface area contributed by atoms with E-state index in [-0.39, 0.29) is 67.2 Å². The number of pyridine rings is 2. The van der Waals surface area contributed by atoms with E-state index in [0.29, 0.717) is 57.7 Å². The zero-order valence-electron chi connectivity index (χ0n) is 71.7. The third-order valence-corrected chi connectivity index (χ3v) is 25.3. The molecule has 25 nitrogen and oxygen atoms in total. The minimum absolute atomic E-state index is 0.0112. The van der Waals surface area contributed by atoms with Crippen LogP contribution in [-0.4, -0.2) is 189 Å². The molecule has 4 aromatic rings. The normalized spacial score (nSPS) is 35.9. The van der Waals surface area contributed by atoms with Gasteiger partial charge in [-0.15, -0.1) is 0 Å². The van der Waals surface area contributed by atoms with Crippen LogP contribution in [0.25, 0.3) is 22.5 Å². The quantitative estimate of drug-likeness (QED) is 0.0283. The number of Topliss-reactive ketones (excluding diaryl/α,β-unsaturated/α-hetero) is 4. The molecule has 0 aromatic carbocycles. The number of ketones is 4. The number of hydrogen-bond acceptors (Lipinski definition) is 21. The van der Waals surface area contributed by atoms with E-state index in [0.717, 1.165) is 42.3 Å². The molecular formula is C89H129FN8O17. The second kappa shape index (κ2) is 38.2. The number of aromatic nitrogens is 6. The summed E-state index contributed by atoms with van der Waals surface area (Å²) in [4.78, 5) is 135. The maximum atomic E-state index is 16.9. The maximum absolute atomic E-state index is 16.9. The molecule has 6 saturated heterocycles. The van der Waals surface area contributed by atoms with Crippen LogP contribution in [0.1, 0.15) is 210 Å². The number of imidazole rings is 2. The topological polar surface area (TPSA) is 299 Å². The van der Waals surface area contributed by atoms with Crippen LogP contribution in [0.3, 0.4) is 0 Å². The van der Waals surface area contributed by atoms with Crippen LogP contribution in [0.15, 0.2) is 98.4 Å². The van der Waals surface area contributed by atoms with Crippen molar-refractivity contribution in [3.8, 4) is 22.5 Å². The second-order valence-corrected chi connectivity index (χ2v) is 35.4. The zero-order valence-corrected chi connectivity index (χ0v) is 71.7. The number of alkyl halides is 1. The van der Waals surface area contributed by atoms with Gasteiger partial charge in [0, 0.05) is 116 Å². The lowest BCUT2D eigenvalue weighted by Crippen LogP contribution is -2.60. The van der Waals surface area contributed by atoms with Gasteiger partial charge in [-0.25, -0.2) is 28.7 Å². The SMILES string of the molecule is C/C=C\[C@]12OC(=O)N(CCCCn3cnc(-c4cccnc4)c3)[C@@H]1[C@@H](C)C(=O)[C@H](C)CC(C)(C)[C@H](O[C@@H]1O[C@H](C)C[C@H](C)[C@H]1C)[C@@H](C)C(=O)[C@@H](C)C(=O)O[C@@H]2CC.C/C=C\[C@]12OC(=O)N(CCCCn3cnc(-c4cccnc4)c3)[C@@H]1[C@@H](C)C(=O)[C@H](C)CC(C)(C)[C@H](O[C@@H]1O[C@H](C)C[C@H](C)[C@H]1O)[C@@H](C)C(=O)[C@](C)(F)C(=O)O[C@@H]2CC. The maximum Gasteiger partial charge on any atom is 0.411 e. The number of halogens is 1. The predicted molar refractivity (Wildman–Crippen MR) is 430 cm³/mol. The average molecular weight is 1600 g/mol. The highest BCUT2D eigenvalue weighted by molar-refractivity contribution is 6.08. The van der Waals surface area contributed by atoms with Gasteiger partial charge in [-0.2, -0.15) is 0 Å². The van der Waals surface area contributed by atoms with Crippen LogP contribution in [-0.2, 0) is 79.8 Å². The van der Waals surface area contributed by atoms with E-state index in [4.69, 9.17) is 37.9 Å². The number of aryl methyl sites for hydroxylation is 2. The molecule has 0 bridgehead atoms. The zero-order chi connectivity index (χ0) is 84.6. The van der Waals surface area contributed by atoms with Crippen LogP contribution in [0, 0.1) is 70.0 Å². The van der Waals surface area contributed by atoms with Crippen molar-refractivity contribution in [1.82, 2.24) is 38.9 Å². The lowest BCUT2D eigenvalue weighted by molar-refractivity contribution is -0.284. The predicted octanol–water partition coefficient (Wildman–Crippen LogP) is 15.0. The van der Waals surface area contributed by atoms with E-state index in [1.807, 2.05) is 122 Å². The molecule has 6 aliphatic rings. The fourth-order valence-corrected chi connectivity index (χ4v) is 19.2. The Bertz CT molecular complexity index is 4050. The first-order valence-electron chi connectivity index (χ1n) is 41.9. The Morgan fingerprint density at radius 1 is 0.557 bits per heavy atom. The van der Waals surface area contributed by atoms with E-state index < -0.39 is 154 Å². The summed E-state index contributed by atoms with van der Waals surface area (Å²) in [6.07, 6.45) is 18.1. The summed E-state index contributed by atoms with van der Waals surface area (Å²) in [5, 5.41) is 11.1. The Kier molecular flexibility index (Phi) is 30.2. The fourth-order valence-electron chi connectivity index (χ4n) is 19.2. The number of carbonyl (C=O) groups excluding carboxylic acids is 8. The number of allylic oxidation sites excluding steroid dienone is 2. The van der Waals surface area contributed by atoms with Gasteiger partial charge in [0.2, 0.25) is 0 Å². The summed E-state index contributed by atoms with van der Waals surface area (Å²) in [5.41, 5.74) is -4.50. The van der Waals surface area contributed by atoms with Gasteiger partial charge in [0.1, 0.15) is 35.8 Å². The molecule has 634 valence electrons.